The molecule has 3 nitrogen and oxygen atoms in total. The maximum absolute atomic E-state index is 12.7. The molecule has 0 unspecified atom stereocenters. The molecule has 12 heavy (non-hydrogen) atoms. The Morgan fingerprint density at radius 3 is 2.75 bits per heavy atom. The van der Waals surface area contributed by atoms with Crippen molar-refractivity contribution in [1.82, 2.24) is 0 Å². The van der Waals surface area contributed by atoms with Gasteiger partial charge in [0.2, 0.25) is 0 Å². The summed E-state index contributed by atoms with van der Waals surface area (Å²) in [7, 11) is 1.32. The molecule has 0 bridgehead atoms. The monoisotopic (exact) mass is 191 g/mol. The van der Waals surface area contributed by atoms with Gasteiger partial charge in [0.15, 0.2) is 5.75 Å². The van der Waals surface area contributed by atoms with Gasteiger partial charge in [-0.1, -0.05) is 11.6 Å². The normalized spacial score (nSPS) is 9.92. The number of hydrogen-bond donors (Lipinski definition) is 1. The minimum absolute atomic E-state index is 0.0357. The molecule has 66 valence electrons. The molecule has 0 aliphatic rings. The van der Waals surface area contributed by atoms with E-state index in [1.165, 1.54) is 13.2 Å². The summed E-state index contributed by atoms with van der Waals surface area (Å²) in [5.74, 6) is -0.387. The van der Waals surface area contributed by atoms with Crippen LogP contribution >= 0.6 is 11.6 Å². The summed E-state index contributed by atoms with van der Waals surface area (Å²) in [6.07, 6.45) is 0. The predicted molar refractivity (Wildman–Crippen MR) is 43.5 cm³/mol. The third-order valence-electron chi connectivity index (χ3n) is 1.22. The Kier molecular flexibility index (Phi) is 2.73. The van der Waals surface area contributed by atoms with E-state index in [9.17, 15) is 4.39 Å². The van der Waals surface area contributed by atoms with Crippen LogP contribution in [0.2, 0.25) is 5.02 Å². The summed E-state index contributed by atoms with van der Waals surface area (Å²) >= 11 is 5.58. The van der Waals surface area contributed by atoms with Crippen molar-refractivity contribution in [3.05, 3.63) is 23.0 Å². The lowest BCUT2D eigenvalue weighted by Gasteiger charge is -2.04. The van der Waals surface area contributed by atoms with Crippen molar-refractivity contribution in [2.75, 3.05) is 12.8 Å². The first-order valence-electron chi connectivity index (χ1n) is 3.10. The van der Waals surface area contributed by atoms with Crippen LogP contribution in [0.5, 0.6) is 5.75 Å². The van der Waals surface area contributed by atoms with Crippen molar-refractivity contribution in [2.24, 2.45) is 0 Å². The molecule has 2 N–H and O–H groups in total. The first-order valence-corrected chi connectivity index (χ1v) is 3.48. The molecule has 1 rings (SSSR count). The quantitative estimate of drug-likeness (QED) is 0.442. The standard InChI is InChI=1S/C7H7ClFNO2/c1-11-12-7-3-6(10)5(9)2-4(7)8/h2-3H,10H2,1H3. The van der Waals surface area contributed by atoms with Crippen molar-refractivity contribution < 1.29 is 14.2 Å². The molecule has 0 spiro atoms. The van der Waals surface area contributed by atoms with Crippen LogP contribution < -0.4 is 10.6 Å². The van der Waals surface area contributed by atoms with Crippen LogP contribution in [0.3, 0.4) is 0 Å². The summed E-state index contributed by atoms with van der Waals surface area (Å²) in [6.45, 7) is 0. The molecule has 0 aliphatic carbocycles. The summed E-state index contributed by atoms with van der Waals surface area (Å²) in [5.41, 5.74) is 5.21. The van der Waals surface area contributed by atoms with E-state index in [0.29, 0.717) is 0 Å². The SMILES string of the molecule is COOc1cc(N)c(F)cc1Cl. The van der Waals surface area contributed by atoms with Crippen molar-refractivity contribution in [3.8, 4) is 5.75 Å². The Balaban J connectivity index is 3.05. The number of nitrogen functional groups attached to an aromatic ring is 1. The molecule has 0 radical (unpaired) electrons. The fourth-order valence-corrected chi connectivity index (χ4v) is 0.880. The largest absolute Gasteiger partial charge is 0.396 e. The van der Waals surface area contributed by atoms with Crippen molar-refractivity contribution in [1.29, 1.82) is 0 Å². The van der Waals surface area contributed by atoms with E-state index in [-0.39, 0.29) is 16.5 Å². The van der Waals surface area contributed by atoms with Gasteiger partial charge in [-0.3, -0.25) is 0 Å². The predicted octanol–water partition coefficient (Wildman–Crippen LogP) is 2.00. The molecular formula is C7H7ClFNO2. The molecule has 0 saturated heterocycles. The second-order valence-corrected chi connectivity index (χ2v) is 2.46. The van der Waals surface area contributed by atoms with E-state index in [4.69, 9.17) is 17.3 Å². The second-order valence-electron chi connectivity index (χ2n) is 2.05. The molecule has 5 heteroatoms. The van der Waals surface area contributed by atoms with Gasteiger partial charge in [0.05, 0.1) is 17.8 Å². The Morgan fingerprint density at radius 2 is 2.17 bits per heavy atom. The zero-order chi connectivity index (χ0) is 9.14. The summed E-state index contributed by atoms with van der Waals surface area (Å²) in [4.78, 5) is 8.93. The highest BCUT2D eigenvalue weighted by Crippen LogP contribution is 2.28. The van der Waals surface area contributed by atoms with Crippen molar-refractivity contribution in [3.63, 3.8) is 0 Å². The maximum Gasteiger partial charge on any atom is 0.186 e. The molecule has 0 atom stereocenters. The molecule has 0 aliphatic heterocycles. The van der Waals surface area contributed by atoms with Gasteiger partial charge in [0, 0.05) is 6.07 Å². The van der Waals surface area contributed by atoms with Gasteiger partial charge in [-0.15, -0.1) is 0 Å². The molecule has 1 aromatic carbocycles. The van der Waals surface area contributed by atoms with Crippen LogP contribution in [0.1, 0.15) is 0 Å². The number of benzene rings is 1. The highest BCUT2D eigenvalue weighted by atomic mass is 35.5. The first-order chi connectivity index (χ1) is 5.65. The zero-order valence-corrected chi connectivity index (χ0v) is 7.06. The van der Waals surface area contributed by atoms with Crippen LogP contribution in [-0.4, -0.2) is 7.11 Å². The number of nitrogens with two attached hydrogens (primary N) is 1. The van der Waals surface area contributed by atoms with Gasteiger partial charge >= 0.3 is 0 Å². The molecule has 0 heterocycles. The second kappa shape index (κ2) is 3.60. The van der Waals surface area contributed by atoms with Gasteiger partial charge in [-0.2, -0.15) is 4.89 Å². The smallest absolute Gasteiger partial charge is 0.186 e. The summed E-state index contributed by atoms with van der Waals surface area (Å²) in [6, 6.07) is 2.31. The fourth-order valence-electron chi connectivity index (χ4n) is 0.698. The number of anilines is 1. The Morgan fingerprint density at radius 1 is 1.50 bits per heavy atom. The van der Waals surface area contributed by atoms with Gasteiger partial charge < -0.3 is 10.6 Å². The first kappa shape index (κ1) is 9.09. The average molecular weight is 192 g/mol. The van der Waals surface area contributed by atoms with Gasteiger partial charge in [0.1, 0.15) is 5.82 Å². The Hall–Kier alpha value is -1.00. The van der Waals surface area contributed by atoms with Crippen LogP contribution in [-0.2, 0) is 4.89 Å². The van der Waals surface area contributed by atoms with E-state index in [1.807, 2.05) is 0 Å². The van der Waals surface area contributed by atoms with E-state index in [0.717, 1.165) is 6.07 Å². The average Bonchev–Trinajstić information content (AvgIpc) is 2.01. The van der Waals surface area contributed by atoms with Crippen LogP contribution in [0.15, 0.2) is 12.1 Å². The minimum atomic E-state index is -0.580. The van der Waals surface area contributed by atoms with Gasteiger partial charge in [-0.25, -0.2) is 4.39 Å². The molecular weight excluding hydrogens is 185 g/mol. The summed E-state index contributed by atoms with van der Waals surface area (Å²) in [5, 5.41) is 0.114. The van der Waals surface area contributed by atoms with E-state index in [2.05, 4.69) is 9.78 Å². The summed E-state index contributed by atoms with van der Waals surface area (Å²) < 4.78 is 12.7. The highest BCUT2D eigenvalue weighted by molar-refractivity contribution is 6.32. The van der Waals surface area contributed by atoms with Crippen LogP contribution in [0.25, 0.3) is 0 Å². The van der Waals surface area contributed by atoms with Crippen molar-refractivity contribution in [2.45, 2.75) is 0 Å². The van der Waals surface area contributed by atoms with E-state index in [1.54, 1.807) is 0 Å². The van der Waals surface area contributed by atoms with Crippen LogP contribution in [0.4, 0.5) is 10.1 Å². The minimum Gasteiger partial charge on any atom is -0.396 e. The molecule has 0 saturated carbocycles. The Labute approximate surface area is 73.8 Å². The zero-order valence-electron chi connectivity index (χ0n) is 6.30. The topological polar surface area (TPSA) is 44.5 Å². The molecule has 1 aromatic rings. The molecule has 0 aromatic heterocycles. The third kappa shape index (κ3) is 1.78. The van der Waals surface area contributed by atoms with Gasteiger partial charge in [0.25, 0.3) is 0 Å². The number of halogens is 2. The fraction of sp³-hybridized carbons (Fsp3) is 0.143. The lowest BCUT2D eigenvalue weighted by Crippen LogP contribution is -1.95. The Bertz CT molecular complexity index is 293. The van der Waals surface area contributed by atoms with Crippen molar-refractivity contribution >= 4 is 17.3 Å². The number of rotatable bonds is 2. The van der Waals surface area contributed by atoms with Crippen LogP contribution in [0, 0.1) is 5.82 Å². The molecule has 0 fully saturated rings. The lowest BCUT2D eigenvalue weighted by atomic mass is 10.3. The molecule has 0 amide bonds. The third-order valence-corrected chi connectivity index (χ3v) is 1.52. The van der Waals surface area contributed by atoms with E-state index < -0.39 is 5.82 Å². The lowest BCUT2D eigenvalue weighted by molar-refractivity contribution is -0.178. The maximum atomic E-state index is 12.7. The number of hydrogen-bond acceptors (Lipinski definition) is 3. The highest BCUT2D eigenvalue weighted by Gasteiger charge is 2.07. The van der Waals surface area contributed by atoms with E-state index >= 15 is 0 Å². The van der Waals surface area contributed by atoms with Gasteiger partial charge in [-0.05, 0) is 6.07 Å².